The van der Waals surface area contributed by atoms with Gasteiger partial charge in [-0.3, -0.25) is 14.6 Å². The first-order chi connectivity index (χ1) is 13.2. The number of rotatable bonds is 6. The van der Waals surface area contributed by atoms with Gasteiger partial charge in [0.2, 0.25) is 0 Å². The van der Waals surface area contributed by atoms with Crippen LogP contribution in [0.4, 0.5) is 0 Å². The molecule has 0 aliphatic carbocycles. The van der Waals surface area contributed by atoms with Gasteiger partial charge in [-0.05, 0) is 49.0 Å². The van der Waals surface area contributed by atoms with E-state index in [1.165, 1.54) is 37.1 Å². The Morgan fingerprint density at radius 2 is 1.81 bits per heavy atom. The van der Waals surface area contributed by atoms with Gasteiger partial charge in [0.25, 0.3) is 0 Å². The molecular weight excluding hydrogens is 336 g/mol. The van der Waals surface area contributed by atoms with Gasteiger partial charge in [0.1, 0.15) is 0 Å². The normalized spacial score (nSPS) is 16.5. The second kappa shape index (κ2) is 9.55. The third-order valence-corrected chi connectivity index (χ3v) is 5.42. The Morgan fingerprint density at radius 1 is 1.11 bits per heavy atom. The van der Waals surface area contributed by atoms with Gasteiger partial charge in [-0.1, -0.05) is 31.2 Å². The van der Waals surface area contributed by atoms with Crippen molar-refractivity contribution in [3.8, 4) is 0 Å². The van der Waals surface area contributed by atoms with Crippen LogP contribution in [-0.4, -0.2) is 40.8 Å². The van der Waals surface area contributed by atoms with Crippen LogP contribution in [0.2, 0.25) is 0 Å². The van der Waals surface area contributed by atoms with E-state index in [0.29, 0.717) is 6.54 Å². The van der Waals surface area contributed by atoms with E-state index in [0.717, 1.165) is 30.7 Å². The second-order valence-electron chi connectivity index (χ2n) is 7.45. The van der Waals surface area contributed by atoms with Crippen molar-refractivity contribution < 1.29 is 0 Å². The molecule has 0 radical (unpaired) electrons. The first kappa shape index (κ1) is 19.4. The molecule has 0 spiro atoms. The number of aromatic nitrogens is 2. The van der Waals surface area contributed by atoms with Crippen LogP contribution in [0.15, 0.2) is 41.5 Å². The summed E-state index contributed by atoms with van der Waals surface area (Å²) in [4.78, 5) is 6.92. The summed E-state index contributed by atoms with van der Waals surface area (Å²) < 4.78 is 1.87. The summed E-state index contributed by atoms with van der Waals surface area (Å²) in [5.41, 5.74) is 3.86. The maximum atomic E-state index is 4.34. The van der Waals surface area contributed by atoms with Gasteiger partial charge in [-0.15, -0.1) is 0 Å². The molecule has 1 fully saturated rings. The number of hydrogen-bond acceptors (Lipinski definition) is 3. The molecule has 27 heavy (non-hydrogen) atoms. The van der Waals surface area contributed by atoms with Crippen molar-refractivity contribution in [2.24, 2.45) is 18.0 Å². The fraction of sp³-hybridized carbons (Fsp3) is 0.524. The summed E-state index contributed by atoms with van der Waals surface area (Å²) >= 11 is 0. The number of likely N-dealkylation sites (tertiary alicyclic amines) is 1. The van der Waals surface area contributed by atoms with Crippen LogP contribution < -0.4 is 10.6 Å². The number of nitrogens with zero attached hydrogens (tertiary/aromatic N) is 4. The lowest BCUT2D eigenvalue weighted by atomic mass is 9.98. The number of hydrogen-bond donors (Lipinski definition) is 2. The average molecular weight is 369 g/mol. The SMILES string of the molecule is CN=C(NCc1ccccc1CN1CCC(C)CC1)NCc1ccnn1C. The van der Waals surface area contributed by atoms with Gasteiger partial charge in [0, 0.05) is 33.4 Å². The van der Waals surface area contributed by atoms with Gasteiger partial charge in [-0.2, -0.15) is 5.10 Å². The monoisotopic (exact) mass is 368 g/mol. The van der Waals surface area contributed by atoms with E-state index in [4.69, 9.17) is 0 Å². The fourth-order valence-corrected chi connectivity index (χ4v) is 3.49. The Balaban J connectivity index is 1.54. The van der Waals surface area contributed by atoms with Crippen LogP contribution in [0.25, 0.3) is 0 Å². The zero-order chi connectivity index (χ0) is 19.1. The molecule has 1 aromatic carbocycles. The molecule has 2 N–H and O–H groups in total. The number of piperidine rings is 1. The lowest BCUT2D eigenvalue weighted by Gasteiger charge is -2.30. The van der Waals surface area contributed by atoms with E-state index in [2.05, 4.69) is 56.8 Å². The van der Waals surface area contributed by atoms with E-state index in [9.17, 15) is 0 Å². The molecule has 2 aromatic rings. The van der Waals surface area contributed by atoms with Crippen molar-refractivity contribution in [2.45, 2.75) is 39.4 Å². The maximum absolute atomic E-state index is 4.34. The highest BCUT2D eigenvalue weighted by molar-refractivity contribution is 5.79. The lowest BCUT2D eigenvalue weighted by Crippen LogP contribution is -2.37. The lowest BCUT2D eigenvalue weighted by molar-refractivity contribution is 0.185. The quantitative estimate of drug-likeness (QED) is 0.608. The first-order valence-corrected chi connectivity index (χ1v) is 9.86. The summed E-state index contributed by atoms with van der Waals surface area (Å²) in [7, 11) is 3.75. The molecule has 0 saturated carbocycles. The predicted molar refractivity (Wildman–Crippen MR) is 110 cm³/mol. The van der Waals surface area contributed by atoms with Crippen molar-refractivity contribution in [1.82, 2.24) is 25.3 Å². The number of guanidine groups is 1. The summed E-state index contributed by atoms with van der Waals surface area (Å²) in [6.07, 6.45) is 4.43. The van der Waals surface area contributed by atoms with E-state index >= 15 is 0 Å². The summed E-state index contributed by atoms with van der Waals surface area (Å²) in [5, 5.41) is 11.0. The van der Waals surface area contributed by atoms with Gasteiger partial charge in [0.15, 0.2) is 5.96 Å². The van der Waals surface area contributed by atoms with Gasteiger partial charge in [-0.25, -0.2) is 0 Å². The molecule has 0 unspecified atom stereocenters. The van der Waals surface area contributed by atoms with Crippen molar-refractivity contribution in [2.75, 3.05) is 20.1 Å². The van der Waals surface area contributed by atoms with Crippen molar-refractivity contribution >= 4 is 5.96 Å². The third kappa shape index (κ3) is 5.57. The van der Waals surface area contributed by atoms with Crippen molar-refractivity contribution in [3.05, 3.63) is 53.3 Å². The first-order valence-electron chi connectivity index (χ1n) is 9.86. The van der Waals surface area contributed by atoms with Crippen LogP contribution in [0.3, 0.4) is 0 Å². The molecule has 6 heteroatoms. The molecule has 2 heterocycles. The molecule has 146 valence electrons. The standard InChI is InChI=1S/C21H32N6/c1-17-9-12-27(13-10-17)16-19-7-5-4-6-18(19)14-23-21(22-2)24-15-20-8-11-25-26(20)3/h4-8,11,17H,9-10,12-16H2,1-3H3,(H2,22,23,24). The van der Waals surface area contributed by atoms with Crippen molar-refractivity contribution in [3.63, 3.8) is 0 Å². The highest BCUT2D eigenvalue weighted by Gasteiger charge is 2.16. The highest BCUT2D eigenvalue weighted by atomic mass is 15.3. The summed E-state index contributed by atoms with van der Waals surface area (Å²) in [6, 6.07) is 10.7. The Labute approximate surface area is 162 Å². The van der Waals surface area contributed by atoms with Crippen LogP contribution in [0, 0.1) is 5.92 Å². The zero-order valence-corrected chi connectivity index (χ0v) is 16.8. The van der Waals surface area contributed by atoms with Gasteiger partial charge < -0.3 is 10.6 Å². The van der Waals surface area contributed by atoms with Crippen LogP contribution >= 0.6 is 0 Å². The number of nitrogens with one attached hydrogen (secondary N) is 2. The van der Waals surface area contributed by atoms with E-state index in [-0.39, 0.29) is 0 Å². The van der Waals surface area contributed by atoms with Gasteiger partial charge >= 0.3 is 0 Å². The minimum atomic E-state index is 0.698. The number of benzene rings is 1. The molecule has 1 aliphatic rings. The number of aryl methyl sites for hydroxylation is 1. The zero-order valence-electron chi connectivity index (χ0n) is 16.8. The molecule has 1 aliphatic heterocycles. The Hall–Kier alpha value is -2.34. The Bertz CT molecular complexity index is 743. The van der Waals surface area contributed by atoms with Crippen LogP contribution in [0.5, 0.6) is 0 Å². The Morgan fingerprint density at radius 3 is 2.48 bits per heavy atom. The molecule has 0 bridgehead atoms. The summed E-state index contributed by atoms with van der Waals surface area (Å²) in [6.45, 7) is 7.27. The topological polar surface area (TPSA) is 57.5 Å². The molecule has 3 rings (SSSR count). The third-order valence-electron chi connectivity index (χ3n) is 5.42. The molecular formula is C21H32N6. The van der Waals surface area contributed by atoms with E-state index < -0.39 is 0 Å². The Kier molecular flexibility index (Phi) is 6.87. The average Bonchev–Trinajstić information content (AvgIpc) is 3.10. The minimum Gasteiger partial charge on any atom is -0.352 e. The van der Waals surface area contributed by atoms with E-state index in [1.807, 2.05) is 24.0 Å². The van der Waals surface area contributed by atoms with Crippen LogP contribution in [-0.2, 0) is 26.7 Å². The number of aliphatic imine (C=N–C) groups is 1. The molecule has 0 amide bonds. The fourth-order valence-electron chi connectivity index (χ4n) is 3.49. The largest absolute Gasteiger partial charge is 0.352 e. The van der Waals surface area contributed by atoms with Crippen molar-refractivity contribution in [1.29, 1.82) is 0 Å². The van der Waals surface area contributed by atoms with Gasteiger partial charge in [0.05, 0.1) is 12.2 Å². The summed E-state index contributed by atoms with van der Waals surface area (Å²) in [5.74, 6) is 1.67. The maximum Gasteiger partial charge on any atom is 0.191 e. The molecule has 1 aromatic heterocycles. The predicted octanol–water partition coefficient (Wildman–Crippen LogP) is 2.52. The van der Waals surface area contributed by atoms with Crippen LogP contribution in [0.1, 0.15) is 36.6 Å². The molecule has 1 saturated heterocycles. The molecule has 6 nitrogen and oxygen atoms in total. The minimum absolute atomic E-state index is 0.698. The second-order valence-corrected chi connectivity index (χ2v) is 7.45. The van der Waals surface area contributed by atoms with E-state index in [1.54, 1.807) is 7.05 Å². The highest BCUT2D eigenvalue weighted by Crippen LogP contribution is 2.19. The smallest absolute Gasteiger partial charge is 0.191 e. The molecule has 0 atom stereocenters.